The summed E-state index contributed by atoms with van der Waals surface area (Å²) in [5, 5.41) is 7.25. The molecule has 0 aliphatic heterocycles. The first kappa shape index (κ1) is 34.3. The fourth-order valence-corrected chi connectivity index (χ4v) is 5.28. The maximum atomic E-state index is 10.7. The van der Waals surface area contributed by atoms with Crippen molar-refractivity contribution in [1.29, 1.82) is 0 Å². The van der Waals surface area contributed by atoms with E-state index in [-0.39, 0.29) is 13.2 Å². The molecule has 2 heterocycles. The SMILES string of the molecule is COc1nc(-c2cccc(-c3cccc(-c4ccc(CNCCOC(N)=O)c(OC)n4)c3Cl)c2Cl)ccc1CNCCOC(N)=O. The first-order valence-corrected chi connectivity index (χ1v) is 14.9. The van der Waals surface area contributed by atoms with Gasteiger partial charge >= 0.3 is 12.2 Å². The quantitative estimate of drug-likeness (QED) is 0.124. The molecule has 0 aliphatic carbocycles. The van der Waals surface area contributed by atoms with E-state index in [0.717, 1.165) is 22.3 Å². The molecule has 6 N–H and O–H groups in total. The number of carbonyl (C=O) groups is 2. The predicted molar refractivity (Wildman–Crippen MR) is 176 cm³/mol. The van der Waals surface area contributed by atoms with E-state index in [9.17, 15) is 9.59 Å². The second-order valence-corrected chi connectivity index (χ2v) is 10.5. The molecule has 2 amide bonds. The van der Waals surface area contributed by atoms with E-state index in [1.807, 2.05) is 60.7 Å². The van der Waals surface area contributed by atoms with Crippen molar-refractivity contribution in [2.24, 2.45) is 11.5 Å². The molecule has 4 rings (SSSR count). The molecule has 0 saturated carbocycles. The van der Waals surface area contributed by atoms with Crippen LogP contribution in [0.4, 0.5) is 9.59 Å². The predicted octanol–water partition coefficient (Wildman–Crippen LogP) is 5.17. The second kappa shape index (κ2) is 16.6. The van der Waals surface area contributed by atoms with E-state index in [1.165, 1.54) is 0 Å². The van der Waals surface area contributed by atoms with Crippen molar-refractivity contribution >= 4 is 35.4 Å². The van der Waals surface area contributed by atoms with E-state index in [1.54, 1.807) is 14.2 Å². The molecule has 0 saturated heterocycles. The molecule has 0 fully saturated rings. The highest BCUT2D eigenvalue weighted by molar-refractivity contribution is 6.39. The number of nitrogens with one attached hydrogen (secondary N) is 2. The Hall–Kier alpha value is -4.62. The van der Waals surface area contributed by atoms with Crippen molar-refractivity contribution in [2.45, 2.75) is 13.1 Å². The number of hydrogen-bond donors (Lipinski definition) is 4. The van der Waals surface area contributed by atoms with Crippen molar-refractivity contribution in [3.63, 3.8) is 0 Å². The molecule has 14 heteroatoms. The third kappa shape index (κ3) is 8.76. The van der Waals surface area contributed by atoms with Crippen LogP contribution in [0.15, 0.2) is 60.7 Å². The molecule has 46 heavy (non-hydrogen) atoms. The summed E-state index contributed by atoms with van der Waals surface area (Å²) >= 11 is 14.0. The summed E-state index contributed by atoms with van der Waals surface area (Å²) in [6.45, 7) is 2.02. The van der Waals surface area contributed by atoms with Gasteiger partial charge in [0, 0.05) is 59.6 Å². The number of methoxy groups -OCH3 is 2. The highest BCUT2D eigenvalue weighted by Gasteiger charge is 2.18. The monoisotopic (exact) mass is 668 g/mol. The van der Waals surface area contributed by atoms with Crippen molar-refractivity contribution in [3.8, 4) is 45.4 Å². The lowest BCUT2D eigenvalue weighted by atomic mass is 9.98. The summed E-state index contributed by atoms with van der Waals surface area (Å²) in [6, 6.07) is 18.8. The zero-order valence-electron chi connectivity index (χ0n) is 25.3. The molecular weight excluding hydrogens is 635 g/mol. The number of primary amides is 2. The Kier molecular flexibility index (Phi) is 12.4. The summed E-state index contributed by atoms with van der Waals surface area (Å²) in [6.07, 6.45) is -1.64. The minimum Gasteiger partial charge on any atom is -0.481 e. The standard InChI is InChI=1S/C32H34Cl2N6O6/c1-43-29-19(17-37-13-15-45-31(35)41)9-11-25(39-29)23-7-3-5-21(27(23)33)22-6-4-8-24(28(22)34)26-12-10-20(30(40-26)44-2)18-38-14-16-46-32(36)42/h3-12,37-38H,13-18H2,1-2H3,(H2,35,41)(H2,36,42). The average molecular weight is 670 g/mol. The zero-order chi connectivity index (χ0) is 33.1. The highest BCUT2D eigenvalue weighted by Crippen LogP contribution is 2.42. The molecule has 242 valence electrons. The third-order valence-corrected chi connectivity index (χ3v) is 7.60. The number of nitrogens with zero attached hydrogens (tertiary/aromatic N) is 2. The molecule has 0 aliphatic rings. The lowest BCUT2D eigenvalue weighted by Crippen LogP contribution is -2.23. The van der Waals surface area contributed by atoms with Gasteiger partial charge in [0.2, 0.25) is 11.8 Å². The Morgan fingerprint density at radius 1 is 0.652 bits per heavy atom. The maximum Gasteiger partial charge on any atom is 0.404 e. The molecule has 0 unspecified atom stereocenters. The van der Waals surface area contributed by atoms with Crippen LogP contribution in [-0.2, 0) is 22.6 Å². The first-order valence-electron chi connectivity index (χ1n) is 14.1. The van der Waals surface area contributed by atoms with E-state index < -0.39 is 12.2 Å². The number of carbonyl (C=O) groups excluding carboxylic acids is 2. The van der Waals surface area contributed by atoms with Crippen molar-refractivity contribution in [2.75, 3.05) is 40.5 Å². The van der Waals surface area contributed by atoms with Gasteiger partial charge in [0.15, 0.2) is 0 Å². The zero-order valence-corrected chi connectivity index (χ0v) is 26.8. The molecule has 0 atom stereocenters. The normalized spacial score (nSPS) is 10.8. The average Bonchev–Trinajstić information content (AvgIpc) is 3.04. The topological polar surface area (TPSA) is 173 Å². The second-order valence-electron chi connectivity index (χ2n) is 9.75. The molecule has 0 spiro atoms. The van der Waals surface area contributed by atoms with Gasteiger partial charge in [-0.1, -0.05) is 71.7 Å². The van der Waals surface area contributed by atoms with Gasteiger partial charge in [0.1, 0.15) is 13.2 Å². The number of amides is 2. The van der Waals surface area contributed by atoms with Crippen molar-refractivity contribution < 1.29 is 28.5 Å². The molecule has 0 radical (unpaired) electrons. The van der Waals surface area contributed by atoms with E-state index in [2.05, 4.69) is 10.6 Å². The number of nitrogens with two attached hydrogens (primary N) is 2. The Balaban J connectivity index is 1.57. The fourth-order valence-electron chi connectivity index (χ4n) is 4.63. The number of hydrogen-bond acceptors (Lipinski definition) is 10. The lowest BCUT2D eigenvalue weighted by molar-refractivity contribution is 0.156. The largest absolute Gasteiger partial charge is 0.481 e. The molecule has 2 aromatic carbocycles. The molecular formula is C32H34Cl2N6O6. The van der Waals surface area contributed by atoms with E-state index in [4.69, 9.17) is 63.6 Å². The summed E-state index contributed by atoms with van der Waals surface area (Å²) in [7, 11) is 3.09. The number of aromatic nitrogens is 2. The van der Waals surface area contributed by atoms with Crippen LogP contribution >= 0.6 is 23.2 Å². The molecule has 0 bridgehead atoms. The van der Waals surface area contributed by atoms with Gasteiger partial charge in [0.05, 0.1) is 35.7 Å². The number of halogens is 2. The molecule has 2 aromatic heterocycles. The smallest absolute Gasteiger partial charge is 0.404 e. The van der Waals surface area contributed by atoms with Gasteiger partial charge in [-0.2, -0.15) is 0 Å². The number of pyridine rings is 2. The summed E-state index contributed by atoms with van der Waals surface area (Å²) in [5.41, 5.74) is 15.7. The van der Waals surface area contributed by atoms with E-state index in [0.29, 0.717) is 70.5 Å². The van der Waals surface area contributed by atoms with Crippen LogP contribution in [0, 0.1) is 0 Å². The van der Waals surface area contributed by atoms with Crippen LogP contribution in [0.1, 0.15) is 11.1 Å². The summed E-state index contributed by atoms with van der Waals surface area (Å²) in [4.78, 5) is 30.9. The number of rotatable bonds is 15. The van der Waals surface area contributed by atoms with Gasteiger partial charge in [-0.3, -0.25) is 0 Å². The van der Waals surface area contributed by atoms with Gasteiger partial charge in [-0.25, -0.2) is 19.6 Å². The van der Waals surface area contributed by atoms with Crippen molar-refractivity contribution in [3.05, 3.63) is 81.8 Å². The van der Waals surface area contributed by atoms with Crippen LogP contribution in [0.5, 0.6) is 11.8 Å². The van der Waals surface area contributed by atoms with Crippen LogP contribution < -0.4 is 31.6 Å². The van der Waals surface area contributed by atoms with Crippen molar-refractivity contribution in [1.82, 2.24) is 20.6 Å². The lowest BCUT2D eigenvalue weighted by Gasteiger charge is -2.15. The number of benzene rings is 2. The minimum absolute atomic E-state index is 0.152. The summed E-state index contributed by atoms with van der Waals surface area (Å²) in [5.74, 6) is 0.861. The fraction of sp³-hybridized carbons (Fsp3) is 0.250. The van der Waals surface area contributed by atoms with Gasteiger partial charge in [-0.05, 0) is 12.1 Å². The van der Waals surface area contributed by atoms with Gasteiger partial charge < -0.3 is 41.0 Å². The van der Waals surface area contributed by atoms with Gasteiger partial charge in [-0.15, -0.1) is 0 Å². The summed E-state index contributed by atoms with van der Waals surface area (Å²) < 4.78 is 20.6. The molecule has 4 aromatic rings. The highest BCUT2D eigenvalue weighted by atomic mass is 35.5. The van der Waals surface area contributed by atoms with Gasteiger partial charge in [0.25, 0.3) is 0 Å². The van der Waals surface area contributed by atoms with Crippen LogP contribution in [0.2, 0.25) is 10.0 Å². The van der Waals surface area contributed by atoms with Crippen LogP contribution in [0.25, 0.3) is 33.6 Å². The Bertz CT molecular complexity index is 1570. The Morgan fingerprint density at radius 2 is 1.04 bits per heavy atom. The van der Waals surface area contributed by atoms with Crippen LogP contribution in [0.3, 0.4) is 0 Å². The maximum absolute atomic E-state index is 10.7. The first-order chi connectivity index (χ1) is 22.2. The van der Waals surface area contributed by atoms with E-state index >= 15 is 0 Å². The third-order valence-electron chi connectivity index (χ3n) is 6.78. The number of ether oxygens (including phenoxy) is 4. The minimum atomic E-state index is -0.819. The molecule has 12 nitrogen and oxygen atoms in total. The van der Waals surface area contributed by atoms with Crippen LogP contribution in [-0.4, -0.2) is 62.7 Å². The Labute approximate surface area is 276 Å². The Morgan fingerprint density at radius 3 is 1.41 bits per heavy atom.